The highest BCUT2D eigenvalue weighted by molar-refractivity contribution is 7.80. The minimum Gasteiger partial charge on any atom is -0.456 e. The van der Waals surface area contributed by atoms with E-state index in [4.69, 9.17) is 17.4 Å². The molecule has 151 valence electrons. The third-order valence-corrected chi connectivity index (χ3v) is 7.76. The van der Waals surface area contributed by atoms with Crippen LogP contribution in [0.5, 0.6) is 11.5 Å². The van der Waals surface area contributed by atoms with Gasteiger partial charge in [-0.2, -0.15) is 0 Å². The van der Waals surface area contributed by atoms with Crippen molar-refractivity contribution < 1.29 is 4.74 Å². The van der Waals surface area contributed by atoms with Crippen LogP contribution in [0.4, 0.5) is 0 Å². The van der Waals surface area contributed by atoms with Gasteiger partial charge in [-0.3, -0.25) is 0 Å². The first kappa shape index (κ1) is 21.5. The number of rotatable bonds is 1. The molecule has 2 aromatic rings. The molecular formula is C25H35OSSi. The van der Waals surface area contributed by atoms with Crippen LogP contribution in [-0.2, 0) is 16.2 Å². The van der Waals surface area contributed by atoms with Crippen LogP contribution in [0.2, 0.25) is 13.1 Å². The third-order valence-electron chi connectivity index (χ3n) is 5.98. The van der Waals surface area contributed by atoms with E-state index in [0.29, 0.717) is 0 Å². The molecular weight excluding hydrogens is 376 g/mol. The zero-order valence-electron chi connectivity index (χ0n) is 19.2. The standard InChI is InChI=1S/C25H35OSSi/c1-23(2,3)15-11-17-21(19(27)13-15)26-22-18(25(17,7)8)12-16(24(4,5)6)14-20(22)28(9)10/h11-14,27H,1-10H3. The minimum atomic E-state index is -0.679. The van der Waals surface area contributed by atoms with Crippen LogP contribution >= 0.6 is 12.6 Å². The van der Waals surface area contributed by atoms with Gasteiger partial charge in [0.1, 0.15) is 11.5 Å². The highest BCUT2D eigenvalue weighted by atomic mass is 32.1. The predicted molar refractivity (Wildman–Crippen MR) is 127 cm³/mol. The van der Waals surface area contributed by atoms with Crippen molar-refractivity contribution in [2.24, 2.45) is 0 Å². The van der Waals surface area contributed by atoms with E-state index in [1.54, 1.807) is 0 Å². The lowest BCUT2D eigenvalue weighted by Crippen LogP contribution is -2.34. The van der Waals surface area contributed by atoms with Crippen molar-refractivity contribution >= 4 is 26.6 Å². The Balaban J connectivity index is 2.34. The first-order valence-corrected chi connectivity index (χ1v) is 13.1. The molecule has 0 amide bonds. The fourth-order valence-electron chi connectivity index (χ4n) is 3.87. The van der Waals surface area contributed by atoms with Gasteiger partial charge < -0.3 is 4.74 Å². The van der Waals surface area contributed by atoms with Crippen molar-refractivity contribution in [3.8, 4) is 11.5 Å². The van der Waals surface area contributed by atoms with E-state index < -0.39 is 8.80 Å². The average molecular weight is 412 g/mol. The predicted octanol–water partition coefficient (Wildman–Crippen LogP) is 6.96. The van der Waals surface area contributed by atoms with E-state index in [2.05, 4.69) is 92.7 Å². The fraction of sp³-hybridized carbons (Fsp3) is 0.520. The van der Waals surface area contributed by atoms with Gasteiger partial charge in [0, 0.05) is 21.4 Å². The highest BCUT2D eigenvalue weighted by Gasteiger charge is 2.39. The van der Waals surface area contributed by atoms with E-state index in [-0.39, 0.29) is 16.2 Å². The van der Waals surface area contributed by atoms with Crippen LogP contribution in [0, 0.1) is 0 Å². The Kier molecular flexibility index (Phi) is 5.12. The van der Waals surface area contributed by atoms with Gasteiger partial charge in [-0.1, -0.05) is 86.7 Å². The summed E-state index contributed by atoms with van der Waals surface area (Å²) in [4.78, 5) is 0.938. The monoisotopic (exact) mass is 411 g/mol. The number of hydrogen-bond acceptors (Lipinski definition) is 2. The fourth-order valence-corrected chi connectivity index (χ4v) is 5.26. The van der Waals surface area contributed by atoms with E-state index in [1.165, 1.54) is 27.4 Å². The molecule has 0 bridgehead atoms. The zero-order valence-corrected chi connectivity index (χ0v) is 21.1. The van der Waals surface area contributed by atoms with E-state index in [0.717, 1.165) is 16.4 Å². The van der Waals surface area contributed by atoms with Gasteiger partial charge >= 0.3 is 0 Å². The molecule has 0 saturated heterocycles. The summed E-state index contributed by atoms with van der Waals surface area (Å²) in [5.41, 5.74) is 5.31. The lowest BCUT2D eigenvalue weighted by Gasteiger charge is -2.39. The van der Waals surface area contributed by atoms with Crippen LogP contribution in [-0.4, -0.2) is 8.80 Å². The number of thiol groups is 1. The van der Waals surface area contributed by atoms with Gasteiger partial charge in [0.15, 0.2) is 0 Å². The summed E-state index contributed by atoms with van der Waals surface area (Å²) in [6, 6.07) is 9.28. The van der Waals surface area contributed by atoms with Crippen molar-refractivity contribution in [2.45, 2.75) is 89.6 Å². The Labute approximate surface area is 178 Å². The van der Waals surface area contributed by atoms with Gasteiger partial charge in [0.05, 0.1) is 8.80 Å². The minimum absolute atomic E-state index is 0.0737. The first-order chi connectivity index (χ1) is 12.6. The molecule has 0 spiro atoms. The normalized spacial score (nSPS) is 15.9. The maximum absolute atomic E-state index is 6.62. The third kappa shape index (κ3) is 3.56. The molecule has 3 heteroatoms. The average Bonchev–Trinajstić information content (AvgIpc) is 2.53. The Hall–Kier alpha value is -1.19. The maximum Gasteiger partial charge on any atom is 0.144 e. The first-order valence-electron chi connectivity index (χ1n) is 10.2. The molecule has 1 aliphatic rings. The summed E-state index contributed by atoms with van der Waals surface area (Å²) in [6.45, 7) is 23.0. The molecule has 0 N–H and O–H groups in total. The van der Waals surface area contributed by atoms with Crippen molar-refractivity contribution in [2.75, 3.05) is 0 Å². The summed E-state index contributed by atoms with van der Waals surface area (Å²) in [6.07, 6.45) is 0. The van der Waals surface area contributed by atoms with Gasteiger partial charge in [-0.15, -0.1) is 12.6 Å². The summed E-state index contributed by atoms with van der Waals surface area (Å²) in [5.74, 6) is 2.00. The summed E-state index contributed by atoms with van der Waals surface area (Å²) in [5, 5.41) is 1.39. The van der Waals surface area contributed by atoms with Crippen molar-refractivity contribution in [3.05, 3.63) is 46.5 Å². The molecule has 0 saturated carbocycles. The molecule has 0 aliphatic carbocycles. The van der Waals surface area contributed by atoms with Gasteiger partial charge in [0.25, 0.3) is 0 Å². The topological polar surface area (TPSA) is 9.23 Å². The Morgan fingerprint density at radius 2 is 1.25 bits per heavy atom. The number of hydrogen-bond donors (Lipinski definition) is 1. The van der Waals surface area contributed by atoms with Crippen LogP contribution in [0.15, 0.2) is 29.2 Å². The van der Waals surface area contributed by atoms with Gasteiger partial charge in [-0.05, 0) is 33.2 Å². The van der Waals surface area contributed by atoms with E-state index in [9.17, 15) is 0 Å². The SMILES string of the molecule is C[Si](C)c1cc(C(C)(C)C)cc2c1Oc1c(S)cc(C(C)(C)C)cc1C2(C)C. The Morgan fingerprint density at radius 3 is 1.71 bits per heavy atom. The molecule has 2 aromatic carbocycles. The molecule has 0 atom stereocenters. The smallest absolute Gasteiger partial charge is 0.144 e. The molecule has 3 rings (SSSR count). The second-order valence-corrected chi connectivity index (χ2v) is 14.0. The second-order valence-electron chi connectivity index (χ2n) is 11.0. The Bertz CT molecular complexity index is 927. The molecule has 1 aliphatic heterocycles. The second kappa shape index (κ2) is 6.67. The van der Waals surface area contributed by atoms with Crippen molar-refractivity contribution in [1.29, 1.82) is 0 Å². The summed E-state index contributed by atoms with van der Waals surface area (Å²) in [7, 11) is -0.679. The molecule has 28 heavy (non-hydrogen) atoms. The summed E-state index contributed by atoms with van der Waals surface area (Å²) >= 11 is 4.84. The summed E-state index contributed by atoms with van der Waals surface area (Å²) < 4.78 is 6.62. The number of ether oxygens (including phenoxy) is 1. The number of fused-ring (bicyclic) bond motifs is 2. The van der Waals surface area contributed by atoms with Crippen LogP contribution in [0.1, 0.15) is 77.6 Å². The molecule has 0 unspecified atom stereocenters. The molecule has 1 nitrogen and oxygen atoms in total. The van der Waals surface area contributed by atoms with E-state index in [1.807, 2.05) is 0 Å². The molecule has 0 aromatic heterocycles. The van der Waals surface area contributed by atoms with Crippen LogP contribution in [0.3, 0.4) is 0 Å². The molecule has 1 radical (unpaired) electrons. The quantitative estimate of drug-likeness (QED) is 0.394. The lowest BCUT2D eigenvalue weighted by atomic mass is 9.72. The van der Waals surface area contributed by atoms with Crippen LogP contribution in [0.25, 0.3) is 0 Å². The van der Waals surface area contributed by atoms with E-state index >= 15 is 0 Å². The number of benzene rings is 2. The largest absolute Gasteiger partial charge is 0.456 e. The molecule has 0 fully saturated rings. The van der Waals surface area contributed by atoms with Crippen molar-refractivity contribution in [3.63, 3.8) is 0 Å². The zero-order chi connectivity index (χ0) is 21.2. The van der Waals surface area contributed by atoms with Gasteiger partial charge in [0.2, 0.25) is 0 Å². The maximum atomic E-state index is 6.62. The van der Waals surface area contributed by atoms with Crippen LogP contribution < -0.4 is 9.92 Å². The molecule has 1 heterocycles. The highest BCUT2D eigenvalue weighted by Crippen LogP contribution is 2.51. The Morgan fingerprint density at radius 1 is 0.786 bits per heavy atom. The van der Waals surface area contributed by atoms with Crippen molar-refractivity contribution in [1.82, 2.24) is 0 Å². The van der Waals surface area contributed by atoms with Gasteiger partial charge in [-0.25, -0.2) is 0 Å². The lowest BCUT2D eigenvalue weighted by molar-refractivity contribution is 0.408.